The van der Waals surface area contributed by atoms with Gasteiger partial charge in [0.05, 0.1) is 23.4 Å². The first-order chi connectivity index (χ1) is 16.0. The molecule has 0 aliphatic rings. The molecule has 0 radical (unpaired) electrons. The third-order valence-electron chi connectivity index (χ3n) is 4.71. The fraction of sp³-hybridized carbons (Fsp3) is 0.0833. The van der Waals surface area contributed by atoms with Crippen molar-refractivity contribution in [2.45, 2.75) is 6.92 Å². The first-order valence-corrected chi connectivity index (χ1v) is 10.3. The third kappa shape index (κ3) is 4.86. The second kappa shape index (κ2) is 9.54. The summed E-state index contributed by atoms with van der Waals surface area (Å²) in [4.78, 5) is 29.2. The lowest BCUT2D eigenvalue weighted by molar-refractivity contribution is 0.0721. The Balaban J connectivity index is 1.44. The number of aryl methyl sites for hydroxylation is 1. The number of rotatable bonds is 6. The smallest absolute Gasteiger partial charge is 0.383 e. The number of anilines is 1. The van der Waals surface area contributed by atoms with Gasteiger partial charge < -0.3 is 14.8 Å². The van der Waals surface area contributed by atoms with E-state index in [0.717, 1.165) is 0 Å². The van der Waals surface area contributed by atoms with Crippen LogP contribution in [0, 0.1) is 6.92 Å². The second-order valence-corrected chi connectivity index (χ2v) is 7.32. The monoisotopic (exact) mass is 462 g/mol. The number of ether oxygens (including phenoxy) is 2. The Kier molecular flexibility index (Phi) is 6.37. The molecule has 0 aliphatic carbocycles. The first-order valence-electron chi connectivity index (χ1n) is 9.91. The minimum absolute atomic E-state index is 0.0963. The molecule has 1 amide bonds. The molecule has 4 aromatic rings. The number of hydrogen-bond donors (Lipinski definition) is 1. The van der Waals surface area contributed by atoms with E-state index in [-0.39, 0.29) is 17.5 Å². The Hall–Kier alpha value is -4.17. The van der Waals surface area contributed by atoms with E-state index in [4.69, 9.17) is 21.1 Å². The van der Waals surface area contributed by atoms with Gasteiger partial charge in [0.1, 0.15) is 17.3 Å². The van der Waals surface area contributed by atoms with E-state index in [9.17, 15) is 9.59 Å². The number of carbonyl (C=O) groups excluding carboxylic acids is 2. The van der Waals surface area contributed by atoms with Crippen LogP contribution >= 0.6 is 11.6 Å². The summed E-state index contributed by atoms with van der Waals surface area (Å²) in [5.74, 6) is 0.115. The lowest BCUT2D eigenvalue weighted by Crippen LogP contribution is -2.13. The summed E-state index contributed by atoms with van der Waals surface area (Å²) in [6.07, 6.45) is 0. The second-order valence-electron chi connectivity index (χ2n) is 6.91. The zero-order chi connectivity index (χ0) is 23.4. The van der Waals surface area contributed by atoms with Crippen molar-refractivity contribution in [2.24, 2.45) is 0 Å². The number of benzene rings is 3. The van der Waals surface area contributed by atoms with Crippen molar-refractivity contribution in [3.63, 3.8) is 0 Å². The van der Waals surface area contributed by atoms with Gasteiger partial charge in [-0.25, -0.2) is 14.5 Å². The molecular formula is C24H19ClN4O4. The van der Waals surface area contributed by atoms with Gasteiger partial charge in [-0.15, -0.1) is 5.10 Å². The van der Waals surface area contributed by atoms with Gasteiger partial charge in [-0.2, -0.15) is 0 Å². The van der Waals surface area contributed by atoms with Crippen molar-refractivity contribution < 1.29 is 19.1 Å². The molecule has 0 unspecified atom stereocenters. The van der Waals surface area contributed by atoms with Crippen LogP contribution in [0.3, 0.4) is 0 Å². The highest BCUT2D eigenvalue weighted by molar-refractivity contribution is 6.32. The summed E-state index contributed by atoms with van der Waals surface area (Å²) in [5.41, 5.74) is 1.55. The maximum absolute atomic E-state index is 12.5. The van der Waals surface area contributed by atoms with Gasteiger partial charge in [-0.05, 0) is 55.5 Å². The van der Waals surface area contributed by atoms with Crippen molar-refractivity contribution >= 4 is 29.2 Å². The van der Waals surface area contributed by atoms with Crippen LogP contribution in [0.25, 0.3) is 5.69 Å². The molecule has 1 N–H and O–H groups in total. The van der Waals surface area contributed by atoms with E-state index in [1.807, 2.05) is 6.07 Å². The highest BCUT2D eigenvalue weighted by Crippen LogP contribution is 2.22. The maximum Gasteiger partial charge on any atom is 0.383 e. The van der Waals surface area contributed by atoms with Gasteiger partial charge in [-0.3, -0.25) is 4.79 Å². The van der Waals surface area contributed by atoms with Gasteiger partial charge in [0.15, 0.2) is 0 Å². The zero-order valence-corrected chi connectivity index (χ0v) is 18.5. The summed E-state index contributed by atoms with van der Waals surface area (Å²) < 4.78 is 12.1. The van der Waals surface area contributed by atoms with Gasteiger partial charge in [-0.1, -0.05) is 35.9 Å². The number of esters is 1. The fourth-order valence-electron chi connectivity index (χ4n) is 3.12. The highest BCUT2D eigenvalue weighted by atomic mass is 35.5. The number of aromatic nitrogens is 3. The molecule has 0 atom stereocenters. The van der Waals surface area contributed by atoms with Crippen molar-refractivity contribution in [1.82, 2.24) is 14.8 Å². The van der Waals surface area contributed by atoms with E-state index in [1.165, 1.54) is 11.8 Å². The summed E-state index contributed by atoms with van der Waals surface area (Å²) >= 11 is 6.21. The molecule has 0 spiro atoms. The lowest BCUT2D eigenvalue weighted by atomic mass is 10.2. The predicted molar refractivity (Wildman–Crippen MR) is 123 cm³/mol. The Morgan fingerprint density at radius 3 is 2.39 bits per heavy atom. The number of carbonyl (C=O) groups is 2. The van der Waals surface area contributed by atoms with Crippen LogP contribution in [0.4, 0.5) is 5.69 Å². The van der Waals surface area contributed by atoms with Crippen LogP contribution in [0.1, 0.15) is 26.8 Å². The van der Waals surface area contributed by atoms with Crippen molar-refractivity contribution in [3.8, 4) is 17.2 Å². The minimum Gasteiger partial charge on any atom is -0.496 e. The summed E-state index contributed by atoms with van der Waals surface area (Å²) in [6.45, 7) is 1.71. The average Bonchev–Trinajstić information content (AvgIpc) is 3.22. The molecule has 166 valence electrons. The molecule has 8 nitrogen and oxygen atoms in total. The van der Waals surface area contributed by atoms with Crippen LogP contribution in [-0.2, 0) is 0 Å². The molecule has 0 fully saturated rings. The van der Waals surface area contributed by atoms with E-state index < -0.39 is 5.97 Å². The summed E-state index contributed by atoms with van der Waals surface area (Å²) in [5, 5.41) is 7.48. The fourth-order valence-corrected chi connectivity index (χ4v) is 3.33. The van der Waals surface area contributed by atoms with Gasteiger partial charge >= 0.3 is 5.97 Å². The van der Waals surface area contributed by atoms with E-state index in [0.29, 0.717) is 33.5 Å². The van der Waals surface area contributed by atoms with Gasteiger partial charge in [0, 0.05) is 5.69 Å². The van der Waals surface area contributed by atoms with E-state index in [1.54, 1.807) is 73.7 Å². The van der Waals surface area contributed by atoms with E-state index >= 15 is 0 Å². The van der Waals surface area contributed by atoms with Crippen LogP contribution in [0.15, 0.2) is 72.8 Å². The topological polar surface area (TPSA) is 95.3 Å². The molecule has 0 aliphatic heterocycles. The molecule has 3 aromatic carbocycles. The van der Waals surface area contributed by atoms with Crippen LogP contribution < -0.4 is 14.8 Å². The molecule has 1 heterocycles. The molecule has 33 heavy (non-hydrogen) atoms. The SMILES string of the molecule is COc1ccccc1C(=O)Nc1ccc(OC(=O)c2nc(C)n(-c3ccccc3Cl)n2)cc1. The maximum atomic E-state index is 12.5. The molecular weight excluding hydrogens is 444 g/mol. The van der Waals surface area contributed by atoms with Crippen molar-refractivity contribution in [2.75, 3.05) is 12.4 Å². The zero-order valence-electron chi connectivity index (χ0n) is 17.8. The Labute approximate surface area is 194 Å². The molecule has 0 saturated carbocycles. The number of nitrogens with one attached hydrogen (secondary N) is 1. The number of hydrogen-bond acceptors (Lipinski definition) is 6. The lowest BCUT2D eigenvalue weighted by Gasteiger charge is -2.09. The Bertz CT molecular complexity index is 1320. The molecule has 9 heteroatoms. The molecule has 0 saturated heterocycles. The average molecular weight is 463 g/mol. The summed E-state index contributed by atoms with van der Waals surface area (Å²) in [6, 6.07) is 20.4. The molecule has 1 aromatic heterocycles. The Morgan fingerprint density at radius 2 is 1.67 bits per heavy atom. The van der Waals surface area contributed by atoms with Crippen molar-refractivity contribution in [1.29, 1.82) is 0 Å². The highest BCUT2D eigenvalue weighted by Gasteiger charge is 2.19. The standard InChI is InChI=1S/C24H19ClN4O4/c1-15-26-22(28-29(15)20-9-5-4-8-19(20)25)24(31)33-17-13-11-16(12-14-17)27-23(30)18-7-3-6-10-21(18)32-2/h3-14H,1-2H3,(H,27,30). The Morgan fingerprint density at radius 1 is 0.970 bits per heavy atom. The number of methoxy groups -OCH3 is 1. The largest absolute Gasteiger partial charge is 0.496 e. The van der Waals surface area contributed by atoms with Gasteiger partial charge in [0.2, 0.25) is 0 Å². The normalized spacial score (nSPS) is 10.5. The molecule has 0 bridgehead atoms. The minimum atomic E-state index is -0.713. The molecule has 4 rings (SSSR count). The van der Waals surface area contributed by atoms with Gasteiger partial charge in [0.25, 0.3) is 11.7 Å². The third-order valence-corrected chi connectivity index (χ3v) is 5.03. The summed E-state index contributed by atoms with van der Waals surface area (Å²) in [7, 11) is 1.50. The van der Waals surface area contributed by atoms with Crippen LogP contribution in [0.5, 0.6) is 11.5 Å². The quantitative estimate of drug-likeness (QED) is 0.329. The number of nitrogens with zero attached hydrogens (tertiary/aromatic N) is 3. The number of para-hydroxylation sites is 2. The van der Waals surface area contributed by atoms with Crippen LogP contribution in [0.2, 0.25) is 5.02 Å². The number of halogens is 1. The van der Waals surface area contributed by atoms with Crippen molar-refractivity contribution in [3.05, 3.63) is 95.0 Å². The first kappa shape index (κ1) is 22.0. The predicted octanol–water partition coefficient (Wildman–Crippen LogP) is 4.71. The van der Waals surface area contributed by atoms with E-state index in [2.05, 4.69) is 15.4 Å². The van der Waals surface area contributed by atoms with Crippen LogP contribution in [-0.4, -0.2) is 33.8 Å². The number of amides is 1.